The van der Waals surface area contributed by atoms with Crippen molar-refractivity contribution in [3.63, 3.8) is 0 Å². The van der Waals surface area contributed by atoms with Crippen LogP contribution in [-0.4, -0.2) is 75.8 Å². The molecule has 0 unspecified atom stereocenters. The number of piperidine rings is 1. The van der Waals surface area contributed by atoms with Gasteiger partial charge in [0.15, 0.2) is 0 Å². The minimum Gasteiger partial charge on any atom is -0.339 e. The zero-order valence-electron chi connectivity index (χ0n) is 14.2. The van der Waals surface area contributed by atoms with Crippen molar-refractivity contribution >= 4 is 15.9 Å². The lowest BCUT2D eigenvalue weighted by molar-refractivity contribution is 0.0659. The molecule has 0 N–H and O–H groups in total. The van der Waals surface area contributed by atoms with E-state index < -0.39 is 10.0 Å². The third kappa shape index (κ3) is 3.91. The predicted octanol–water partition coefficient (Wildman–Crippen LogP) is 1.10. The molecule has 0 atom stereocenters. The molecule has 1 amide bonds. The Morgan fingerprint density at radius 3 is 2.09 bits per heavy atom. The van der Waals surface area contributed by atoms with Crippen molar-refractivity contribution in [3.05, 3.63) is 29.8 Å². The van der Waals surface area contributed by atoms with Crippen LogP contribution in [0.25, 0.3) is 0 Å². The number of hydrogen-bond donors (Lipinski definition) is 0. The summed E-state index contributed by atoms with van der Waals surface area (Å²) in [6.45, 7) is 1.98. The van der Waals surface area contributed by atoms with Crippen molar-refractivity contribution in [2.75, 3.05) is 41.3 Å². The van der Waals surface area contributed by atoms with Crippen LogP contribution in [0.4, 0.5) is 0 Å². The van der Waals surface area contributed by atoms with Crippen LogP contribution in [-0.2, 0) is 10.0 Å². The number of rotatable bonds is 4. The molecule has 1 aromatic carbocycles. The first-order valence-corrected chi connectivity index (χ1v) is 9.16. The molecule has 6 nitrogen and oxygen atoms in total. The number of sulfonamides is 1. The Balaban J connectivity index is 2.11. The molecule has 23 heavy (non-hydrogen) atoms. The highest BCUT2D eigenvalue weighted by molar-refractivity contribution is 7.89. The molecule has 0 aromatic heterocycles. The molecule has 1 heterocycles. The Labute approximate surface area is 138 Å². The fourth-order valence-electron chi connectivity index (χ4n) is 2.73. The molecule has 1 aliphatic rings. The lowest BCUT2D eigenvalue weighted by atomic mass is 10.0. The van der Waals surface area contributed by atoms with Gasteiger partial charge in [-0.05, 0) is 57.2 Å². The summed E-state index contributed by atoms with van der Waals surface area (Å²) < 4.78 is 25.3. The average Bonchev–Trinajstić information content (AvgIpc) is 2.54. The predicted molar refractivity (Wildman–Crippen MR) is 89.9 cm³/mol. The highest BCUT2D eigenvalue weighted by Gasteiger charge is 2.25. The van der Waals surface area contributed by atoms with Gasteiger partial charge < -0.3 is 9.80 Å². The SMILES string of the molecule is CN1CCC(N(C)C(=O)c2ccc(S(=O)(=O)N(C)C)cc2)CC1. The van der Waals surface area contributed by atoms with Crippen molar-refractivity contribution in [2.45, 2.75) is 23.8 Å². The largest absolute Gasteiger partial charge is 0.339 e. The van der Waals surface area contributed by atoms with Crippen LogP contribution in [0.5, 0.6) is 0 Å². The van der Waals surface area contributed by atoms with E-state index in [1.807, 2.05) is 7.05 Å². The number of hydrogen-bond acceptors (Lipinski definition) is 4. The van der Waals surface area contributed by atoms with E-state index in [1.54, 1.807) is 17.0 Å². The van der Waals surface area contributed by atoms with E-state index in [0.717, 1.165) is 30.2 Å². The summed E-state index contributed by atoms with van der Waals surface area (Å²) >= 11 is 0. The molecule has 2 rings (SSSR count). The summed E-state index contributed by atoms with van der Waals surface area (Å²) in [5.74, 6) is -0.0617. The highest BCUT2D eigenvalue weighted by Crippen LogP contribution is 2.19. The Kier molecular flexibility index (Phi) is 5.44. The van der Waals surface area contributed by atoms with Crippen LogP contribution in [0.15, 0.2) is 29.2 Å². The van der Waals surface area contributed by atoms with Gasteiger partial charge in [0, 0.05) is 32.7 Å². The van der Waals surface area contributed by atoms with Gasteiger partial charge in [-0.1, -0.05) is 0 Å². The summed E-state index contributed by atoms with van der Waals surface area (Å²) in [5, 5.41) is 0. The molecule has 0 spiro atoms. The summed E-state index contributed by atoms with van der Waals surface area (Å²) in [7, 11) is 3.42. The maximum Gasteiger partial charge on any atom is 0.253 e. The molecule has 0 bridgehead atoms. The van der Waals surface area contributed by atoms with E-state index in [2.05, 4.69) is 11.9 Å². The van der Waals surface area contributed by atoms with Crippen molar-refractivity contribution in [1.29, 1.82) is 0 Å². The average molecular weight is 339 g/mol. The van der Waals surface area contributed by atoms with Crippen LogP contribution in [0.2, 0.25) is 0 Å². The number of benzene rings is 1. The van der Waals surface area contributed by atoms with Crippen molar-refractivity contribution in [3.8, 4) is 0 Å². The number of amides is 1. The molecule has 0 radical (unpaired) electrons. The molecule has 7 heteroatoms. The zero-order valence-corrected chi connectivity index (χ0v) is 15.0. The standard InChI is InChI=1S/C16H25N3O3S/c1-17(2)23(21,22)15-7-5-13(6-8-15)16(20)19(4)14-9-11-18(3)12-10-14/h5-8,14H,9-12H2,1-4H3. The second kappa shape index (κ2) is 6.98. The normalized spacial score (nSPS) is 17.4. The minimum atomic E-state index is -3.46. The lowest BCUT2D eigenvalue weighted by Crippen LogP contribution is -2.44. The van der Waals surface area contributed by atoms with Crippen LogP contribution in [0.1, 0.15) is 23.2 Å². The van der Waals surface area contributed by atoms with E-state index in [4.69, 9.17) is 0 Å². The highest BCUT2D eigenvalue weighted by atomic mass is 32.2. The molecular weight excluding hydrogens is 314 g/mol. The quantitative estimate of drug-likeness (QED) is 0.824. The van der Waals surface area contributed by atoms with Gasteiger partial charge in [0.25, 0.3) is 5.91 Å². The second-order valence-corrected chi connectivity index (χ2v) is 8.41. The van der Waals surface area contributed by atoms with Gasteiger partial charge >= 0.3 is 0 Å². The molecule has 128 valence electrons. The number of carbonyl (C=O) groups is 1. The molecule has 0 saturated carbocycles. The number of likely N-dealkylation sites (tertiary alicyclic amines) is 1. The van der Waals surface area contributed by atoms with Crippen LogP contribution >= 0.6 is 0 Å². The maximum absolute atomic E-state index is 12.6. The third-order valence-electron chi connectivity index (χ3n) is 4.44. The number of carbonyl (C=O) groups excluding carboxylic acids is 1. The van der Waals surface area contributed by atoms with Gasteiger partial charge in [-0.2, -0.15) is 0 Å². The molecule has 1 aromatic rings. The van der Waals surface area contributed by atoms with E-state index in [1.165, 1.54) is 26.2 Å². The van der Waals surface area contributed by atoms with Crippen LogP contribution < -0.4 is 0 Å². The van der Waals surface area contributed by atoms with Crippen LogP contribution in [0, 0.1) is 0 Å². The van der Waals surface area contributed by atoms with Crippen molar-refractivity contribution in [1.82, 2.24) is 14.1 Å². The first-order chi connectivity index (χ1) is 10.7. The minimum absolute atomic E-state index is 0.0617. The second-order valence-electron chi connectivity index (χ2n) is 6.26. The van der Waals surface area contributed by atoms with Gasteiger partial charge in [0.1, 0.15) is 0 Å². The van der Waals surface area contributed by atoms with Gasteiger partial charge in [-0.3, -0.25) is 4.79 Å². The van der Waals surface area contributed by atoms with Crippen molar-refractivity contribution in [2.24, 2.45) is 0 Å². The van der Waals surface area contributed by atoms with Crippen molar-refractivity contribution < 1.29 is 13.2 Å². The van der Waals surface area contributed by atoms with Gasteiger partial charge in [0.05, 0.1) is 4.90 Å². The molecule has 0 aliphatic carbocycles. The third-order valence-corrected chi connectivity index (χ3v) is 6.27. The summed E-state index contributed by atoms with van der Waals surface area (Å²) in [6.07, 6.45) is 1.93. The van der Waals surface area contributed by atoms with E-state index in [0.29, 0.717) is 5.56 Å². The zero-order chi connectivity index (χ0) is 17.2. The summed E-state index contributed by atoms with van der Waals surface area (Å²) in [6, 6.07) is 6.40. The topological polar surface area (TPSA) is 60.9 Å². The first-order valence-electron chi connectivity index (χ1n) is 7.72. The maximum atomic E-state index is 12.6. The number of nitrogens with zero attached hydrogens (tertiary/aromatic N) is 3. The fourth-order valence-corrected chi connectivity index (χ4v) is 3.63. The Hall–Kier alpha value is -1.44. The van der Waals surface area contributed by atoms with E-state index >= 15 is 0 Å². The summed E-state index contributed by atoms with van der Waals surface area (Å²) in [4.78, 5) is 16.8. The Morgan fingerprint density at radius 2 is 1.61 bits per heavy atom. The van der Waals surface area contributed by atoms with Gasteiger partial charge in [0.2, 0.25) is 10.0 Å². The molecule has 1 saturated heterocycles. The van der Waals surface area contributed by atoms with E-state index in [-0.39, 0.29) is 16.8 Å². The Bertz CT molecular complexity index is 648. The smallest absolute Gasteiger partial charge is 0.253 e. The fraction of sp³-hybridized carbons (Fsp3) is 0.562. The van der Waals surface area contributed by atoms with Gasteiger partial charge in [-0.15, -0.1) is 0 Å². The molecule has 1 fully saturated rings. The van der Waals surface area contributed by atoms with Crippen LogP contribution in [0.3, 0.4) is 0 Å². The first kappa shape index (κ1) is 17.9. The van der Waals surface area contributed by atoms with Gasteiger partial charge in [-0.25, -0.2) is 12.7 Å². The molecular formula is C16H25N3O3S. The molecule has 1 aliphatic heterocycles. The lowest BCUT2D eigenvalue weighted by Gasteiger charge is -2.35. The van der Waals surface area contributed by atoms with E-state index in [9.17, 15) is 13.2 Å². The monoisotopic (exact) mass is 339 g/mol. The summed E-state index contributed by atoms with van der Waals surface area (Å²) in [5.41, 5.74) is 0.518. The Morgan fingerprint density at radius 1 is 1.09 bits per heavy atom.